The summed E-state index contributed by atoms with van der Waals surface area (Å²) in [6.45, 7) is 4.92. The molecule has 2 unspecified atom stereocenters. The van der Waals surface area contributed by atoms with Gasteiger partial charge in [0.25, 0.3) is 0 Å². The van der Waals surface area contributed by atoms with Crippen molar-refractivity contribution in [3.63, 3.8) is 0 Å². The zero-order valence-corrected chi connectivity index (χ0v) is 33.5. The van der Waals surface area contributed by atoms with Crippen LogP contribution in [0.15, 0.2) is 24.3 Å². The molecule has 0 radical (unpaired) electrons. The van der Waals surface area contributed by atoms with Crippen LogP contribution in [0.1, 0.15) is 219 Å². The van der Waals surface area contributed by atoms with E-state index in [-0.39, 0.29) is 18.0 Å². The van der Waals surface area contributed by atoms with E-state index in [1.807, 2.05) is 0 Å². The number of amides is 1. The summed E-state index contributed by atoms with van der Waals surface area (Å²) in [5.41, 5.74) is 5.48. The van der Waals surface area contributed by atoms with Crippen molar-refractivity contribution in [2.75, 3.05) is 6.54 Å². The van der Waals surface area contributed by atoms with E-state index < -0.39 is 12.0 Å². The van der Waals surface area contributed by atoms with Gasteiger partial charge in [0.05, 0.1) is 0 Å². The van der Waals surface area contributed by atoms with E-state index in [0.717, 1.165) is 77.0 Å². The van der Waals surface area contributed by atoms with Gasteiger partial charge in [-0.2, -0.15) is 0 Å². The lowest BCUT2D eigenvalue weighted by molar-refractivity contribution is -0.150. The van der Waals surface area contributed by atoms with Gasteiger partial charge in [-0.25, -0.2) is 4.79 Å². The molecule has 0 aliphatic rings. The second kappa shape index (κ2) is 39.1. The van der Waals surface area contributed by atoms with Crippen molar-refractivity contribution in [3.8, 4) is 0 Å². The fourth-order valence-electron chi connectivity index (χ4n) is 6.48. The molecule has 0 spiro atoms. The normalized spacial score (nSPS) is 12.8. The molecule has 0 heterocycles. The smallest absolute Gasteiger partial charge is 0.326 e. The van der Waals surface area contributed by atoms with E-state index in [1.165, 1.54) is 103 Å². The zero-order valence-electron chi connectivity index (χ0n) is 33.5. The van der Waals surface area contributed by atoms with Crippen LogP contribution in [0.25, 0.3) is 0 Å². The maximum atomic E-state index is 12.8. The van der Waals surface area contributed by atoms with Gasteiger partial charge in [0.1, 0.15) is 12.1 Å². The maximum Gasteiger partial charge on any atom is 0.326 e. The van der Waals surface area contributed by atoms with Gasteiger partial charge in [-0.3, -0.25) is 9.59 Å². The first kappa shape index (κ1) is 48.9. The number of hydrogen-bond donors (Lipinski definition) is 3. The molecule has 7 nitrogen and oxygen atoms in total. The van der Waals surface area contributed by atoms with Crippen molar-refractivity contribution in [1.29, 1.82) is 0 Å². The molecule has 0 aromatic heterocycles. The Balaban J connectivity index is 4.30. The van der Waals surface area contributed by atoms with Gasteiger partial charge in [-0.15, -0.1) is 0 Å². The zero-order chi connectivity index (χ0) is 37.5. The van der Waals surface area contributed by atoms with Gasteiger partial charge >= 0.3 is 11.9 Å². The molecule has 0 rings (SSSR count). The number of carbonyl (C=O) groups excluding carboxylic acids is 2. The highest BCUT2D eigenvalue weighted by atomic mass is 16.5. The van der Waals surface area contributed by atoms with Crippen molar-refractivity contribution in [2.45, 2.75) is 231 Å². The van der Waals surface area contributed by atoms with Crippen LogP contribution in [-0.2, 0) is 19.1 Å². The van der Waals surface area contributed by atoms with Crippen LogP contribution in [0.5, 0.6) is 0 Å². The summed E-state index contributed by atoms with van der Waals surface area (Å²) in [6.07, 6.45) is 43.6. The summed E-state index contributed by atoms with van der Waals surface area (Å²) in [7, 11) is 0. The number of nitrogens with two attached hydrogens (primary N) is 1. The van der Waals surface area contributed by atoms with Crippen LogP contribution >= 0.6 is 0 Å². The molecule has 0 fully saturated rings. The largest absolute Gasteiger partial charge is 0.480 e. The van der Waals surface area contributed by atoms with E-state index in [4.69, 9.17) is 10.5 Å². The third-order valence-electron chi connectivity index (χ3n) is 9.77. The number of carboxylic acids is 1. The quantitative estimate of drug-likeness (QED) is 0.0331. The van der Waals surface area contributed by atoms with E-state index in [0.29, 0.717) is 32.2 Å². The SMILES string of the molecule is CCCCC/C=C\C/C=C\CCCCCCCC(=O)OC(CCCCCCCCCCCC)CCCCCCCC(=O)NC(CCCN)C(=O)O. The summed E-state index contributed by atoms with van der Waals surface area (Å²) < 4.78 is 6.03. The first-order chi connectivity index (χ1) is 24.9. The molecule has 0 saturated heterocycles. The predicted octanol–water partition coefficient (Wildman–Crippen LogP) is 12.1. The van der Waals surface area contributed by atoms with Crippen molar-refractivity contribution in [3.05, 3.63) is 24.3 Å². The second-order valence-electron chi connectivity index (χ2n) is 14.8. The Morgan fingerprint density at radius 1 is 0.569 bits per heavy atom. The molecule has 7 heteroatoms. The van der Waals surface area contributed by atoms with Gasteiger partial charge in [-0.05, 0) is 90.0 Å². The molecular formula is C44H82N2O5. The van der Waals surface area contributed by atoms with Crippen LogP contribution in [0, 0.1) is 0 Å². The van der Waals surface area contributed by atoms with Gasteiger partial charge in [0, 0.05) is 12.8 Å². The summed E-state index contributed by atoms with van der Waals surface area (Å²) in [5, 5.41) is 11.9. The Kier molecular flexibility index (Phi) is 37.4. The average molecular weight is 719 g/mol. The Labute approximate surface area is 314 Å². The van der Waals surface area contributed by atoms with Crippen LogP contribution in [0.3, 0.4) is 0 Å². The monoisotopic (exact) mass is 719 g/mol. The van der Waals surface area contributed by atoms with Gasteiger partial charge in [0.2, 0.25) is 5.91 Å². The Bertz CT molecular complexity index is 858. The van der Waals surface area contributed by atoms with Crippen molar-refractivity contribution in [1.82, 2.24) is 5.32 Å². The molecule has 0 aliphatic heterocycles. The molecular weight excluding hydrogens is 636 g/mol. The number of carboxylic acid groups (broad SMARTS) is 1. The standard InChI is InChI=1S/C44H82N2O5/c1-3-5-7-9-11-13-15-16-17-18-19-21-23-28-32-38-43(48)51-40(34-29-25-22-20-14-12-10-8-6-4-2)35-30-26-24-27-31-37-42(47)46-41(44(49)50)36-33-39-45/h11,13,16-17,40-41H,3-10,12,14-15,18-39,45H2,1-2H3,(H,46,47)(H,49,50)/b13-11-,17-16-. The predicted molar refractivity (Wildman–Crippen MR) is 216 cm³/mol. The number of ether oxygens (including phenoxy) is 1. The minimum Gasteiger partial charge on any atom is -0.480 e. The fraction of sp³-hybridized carbons (Fsp3) is 0.841. The van der Waals surface area contributed by atoms with E-state index in [9.17, 15) is 19.5 Å². The van der Waals surface area contributed by atoms with Crippen LogP contribution in [-0.4, -0.2) is 41.6 Å². The highest BCUT2D eigenvalue weighted by Crippen LogP contribution is 2.19. The lowest BCUT2D eigenvalue weighted by Crippen LogP contribution is -2.40. The van der Waals surface area contributed by atoms with E-state index in [1.54, 1.807) is 0 Å². The highest BCUT2D eigenvalue weighted by Gasteiger charge is 2.19. The molecule has 4 N–H and O–H groups in total. The minimum atomic E-state index is -1.00. The molecule has 0 bridgehead atoms. The molecule has 0 aliphatic carbocycles. The molecule has 0 saturated carbocycles. The molecule has 51 heavy (non-hydrogen) atoms. The van der Waals surface area contributed by atoms with Crippen molar-refractivity contribution in [2.24, 2.45) is 5.73 Å². The van der Waals surface area contributed by atoms with Crippen LogP contribution < -0.4 is 11.1 Å². The summed E-state index contributed by atoms with van der Waals surface area (Å²) in [6, 6.07) is -0.855. The lowest BCUT2D eigenvalue weighted by atomic mass is 10.0. The maximum absolute atomic E-state index is 12.8. The molecule has 2 atom stereocenters. The molecule has 0 aromatic rings. The Morgan fingerprint density at radius 3 is 1.55 bits per heavy atom. The molecule has 1 amide bonds. The van der Waals surface area contributed by atoms with E-state index in [2.05, 4.69) is 43.5 Å². The summed E-state index contributed by atoms with van der Waals surface area (Å²) >= 11 is 0. The lowest BCUT2D eigenvalue weighted by Gasteiger charge is -2.18. The number of nitrogens with one attached hydrogen (secondary N) is 1. The second-order valence-corrected chi connectivity index (χ2v) is 14.8. The first-order valence-corrected chi connectivity index (χ1v) is 21.7. The fourth-order valence-corrected chi connectivity index (χ4v) is 6.48. The number of rotatable bonds is 39. The third kappa shape index (κ3) is 36.0. The number of unbranched alkanes of at least 4 members (excludes halogenated alkanes) is 21. The topological polar surface area (TPSA) is 119 Å². The number of aliphatic carboxylic acids is 1. The average Bonchev–Trinajstić information content (AvgIpc) is 3.11. The number of hydrogen-bond acceptors (Lipinski definition) is 5. The van der Waals surface area contributed by atoms with Crippen LogP contribution in [0.2, 0.25) is 0 Å². The highest BCUT2D eigenvalue weighted by molar-refractivity contribution is 5.83. The number of allylic oxidation sites excluding steroid dienone is 4. The molecule has 298 valence electrons. The van der Waals surface area contributed by atoms with Gasteiger partial charge in [0.15, 0.2) is 0 Å². The van der Waals surface area contributed by atoms with Gasteiger partial charge < -0.3 is 20.9 Å². The summed E-state index contributed by atoms with van der Waals surface area (Å²) in [5.74, 6) is -1.24. The van der Waals surface area contributed by atoms with Crippen molar-refractivity contribution < 1.29 is 24.2 Å². The minimum absolute atomic E-state index is 0.0109. The van der Waals surface area contributed by atoms with E-state index >= 15 is 0 Å². The van der Waals surface area contributed by atoms with Crippen LogP contribution in [0.4, 0.5) is 0 Å². The first-order valence-electron chi connectivity index (χ1n) is 21.7. The Hall–Kier alpha value is -2.15. The van der Waals surface area contributed by atoms with Gasteiger partial charge in [-0.1, -0.05) is 147 Å². The van der Waals surface area contributed by atoms with Crippen molar-refractivity contribution >= 4 is 17.8 Å². The Morgan fingerprint density at radius 2 is 1.02 bits per heavy atom. The number of carbonyl (C=O) groups is 3. The summed E-state index contributed by atoms with van der Waals surface area (Å²) in [4.78, 5) is 36.3. The third-order valence-corrected chi connectivity index (χ3v) is 9.77. The number of esters is 1. The molecule has 0 aromatic carbocycles.